The molecule has 0 radical (unpaired) electrons. The van der Waals surface area contributed by atoms with Crippen LogP contribution in [0.2, 0.25) is 0 Å². The normalized spacial score (nSPS) is 12.3. The third-order valence-corrected chi connectivity index (χ3v) is 4.12. The van der Waals surface area contributed by atoms with E-state index in [0.29, 0.717) is 30.4 Å². The van der Waals surface area contributed by atoms with E-state index < -0.39 is 0 Å². The first kappa shape index (κ1) is 18.1. The lowest BCUT2D eigenvalue weighted by Gasteiger charge is -2.19. The van der Waals surface area contributed by atoms with Crippen LogP contribution >= 0.6 is 0 Å². The molecule has 0 amide bonds. The summed E-state index contributed by atoms with van der Waals surface area (Å²) in [6.07, 6.45) is 8.24. The molecule has 0 saturated carbocycles. The topological polar surface area (TPSA) is 84.6 Å². The van der Waals surface area contributed by atoms with E-state index in [9.17, 15) is 5.11 Å². The lowest BCUT2D eigenvalue weighted by atomic mass is 10.1. The standard InChI is InChI=1S/C19H25N5O2/c1-3-6-15(8-10-25)23-19-17(11-20-14(2)21-19)26-13-16-12-24-9-5-4-7-18(24)22-16/h4-5,7,9,11-12,15,25H,3,6,8,10,13H2,1-2H3,(H,20,21,23)/t15-/m0/s1. The SMILES string of the molecule is CCC[C@@H](CCO)Nc1nc(C)ncc1OCc1cn2ccccc2n1. The summed E-state index contributed by atoms with van der Waals surface area (Å²) in [4.78, 5) is 13.3. The van der Waals surface area contributed by atoms with E-state index >= 15 is 0 Å². The van der Waals surface area contributed by atoms with E-state index in [1.165, 1.54) is 0 Å². The van der Waals surface area contributed by atoms with Gasteiger partial charge in [0.25, 0.3) is 0 Å². The summed E-state index contributed by atoms with van der Waals surface area (Å²) in [5.41, 5.74) is 1.72. The molecule has 0 bridgehead atoms. The zero-order valence-corrected chi connectivity index (χ0v) is 15.2. The van der Waals surface area contributed by atoms with Crippen LogP contribution in [-0.4, -0.2) is 37.1 Å². The van der Waals surface area contributed by atoms with Crippen molar-refractivity contribution >= 4 is 11.5 Å². The van der Waals surface area contributed by atoms with Gasteiger partial charge in [0, 0.05) is 25.0 Å². The summed E-state index contributed by atoms with van der Waals surface area (Å²) in [6, 6.07) is 6.02. The molecule has 3 rings (SSSR count). The minimum absolute atomic E-state index is 0.138. The molecule has 3 heterocycles. The first-order chi connectivity index (χ1) is 12.7. The van der Waals surface area contributed by atoms with Crippen molar-refractivity contribution in [3.05, 3.63) is 48.3 Å². The number of hydrogen-bond acceptors (Lipinski definition) is 6. The van der Waals surface area contributed by atoms with Gasteiger partial charge in [-0.25, -0.2) is 15.0 Å². The Labute approximate surface area is 153 Å². The lowest BCUT2D eigenvalue weighted by Crippen LogP contribution is -2.22. The van der Waals surface area contributed by atoms with Gasteiger partial charge in [-0.15, -0.1) is 0 Å². The molecular weight excluding hydrogens is 330 g/mol. The molecule has 0 unspecified atom stereocenters. The maximum absolute atomic E-state index is 9.27. The molecule has 0 fully saturated rings. The number of rotatable bonds is 9. The van der Waals surface area contributed by atoms with Crippen molar-refractivity contribution in [2.75, 3.05) is 11.9 Å². The molecule has 138 valence electrons. The zero-order valence-electron chi connectivity index (χ0n) is 15.2. The molecule has 0 aromatic carbocycles. The van der Waals surface area contributed by atoms with Crippen molar-refractivity contribution < 1.29 is 9.84 Å². The molecule has 0 spiro atoms. The molecule has 0 saturated heterocycles. The van der Waals surface area contributed by atoms with Crippen LogP contribution in [0, 0.1) is 6.92 Å². The number of nitrogens with one attached hydrogen (secondary N) is 1. The highest BCUT2D eigenvalue weighted by Gasteiger charge is 2.14. The van der Waals surface area contributed by atoms with E-state index in [-0.39, 0.29) is 12.6 Å². The molecule has 0 aliphatic rings. The van der Waals surface area contributed by atoms with E-state index in [0.717, 1.165) is 24.2 Å². The zero-order chi connectivity index (χ0) is 18.4. The number of aryl methyl sites for hydroxylation is 1. The number of pyridine rings is 1. The highest BCUT2D eigenvalue weighted by atomic mass is 16.5. The first-order valence-corrected chi connectivity index (χ1v) is 8.96. The van der Waals surface area contributed by atoms with E-state index in [2.05, 4.69) is 27.2 Å². The van der Waals surface area contributed by atoms with E-state index in [4.69, 9.17) is 4.74 Å². The minimum atomic E-state index is 0.138. The Kier molecular flexibility index (Phi) is 6.01. The molecule has 3 aromatic rings. The molecule has 7 nitrogen and oxygen atoms in total. The van der Waals surface area contributed by atoms with Crippen LogP contribution in [0.4, 0.5) is 5.82 Å². The number of aliphatic hydroxyl groups is 1. The van der Waals surface area contributed by atoms with Crippen LogP contribution in [0.15, 0.2) is 36.8 Å². The van der Waals surface area contributed by atoms with Crippen LogP contribution in [0.3, 0.4) is 0 Å². The number of ether oxygens (including phenoxy) is 1. The van der Waals surface area contributed by atoms with Gasteiger partial charge < -0.3 is 19.6 Å². The Morgan fingerprint density at radius 1 is 1.27 bits per heavy atom. The van der Waals surface area contributed by atoms with E-state index in [1.807, 2.05) is 41.9 Å². The minimum Gasteiger partial charge on any atom is -0.482 e. The predicted octanol–water partition coefficient (Wildman–Crippen LogP) is 2.97. The fourth-order valence-electron chi connectivity index (χ4n) is 2.86. The Morgan fingerprint density at radius 3 is 2.92 bits per heavy atom. The monoisotopic (exact) mass is 355 g/mol. The van der Waals surface area contributed by atoms with Gasteiger partial charge >= 0.3 is 0 Å². The summed E-state index contributed by atoms with van der Waals surface area (Å²) in [5.74, 6) is 1.92. The van der Waals surface area contributed by atoms with Gasteiger partial charge in [-0.05, 0) is 31.9 Å². The van der Waals surface area contributed by atoms with Crippen molar-refractivity contribution in [2.24, 2.45) is 0 Å². The highest BCUT2D eigenvalue weighted by molar-refractivity contribution is 5.49. The average molecular weight is 355 g/mol. The maximum atomic E-state index is 9.27. The molecule has 3 aromatic heterocycles. The Hall–Kier alpha value is -2.67. The molecule has 7 heteroatoms. The van der Waals surface area contributed by atoms with Crippen LogP contribution in [0.1, 0.15) is 37.7 Å². The van der Waals surface area contributed by atoms with Crippen molar-refractivity contribution in [2.45, 2.75) is 45.8 Å². The molecular formula is C19H25N5O2. The van der Waals surface area contributed by atoms with Crippen molar-refractivity contribution in [1.82, 2.24) is 19.4 Å². The fourth-order valence-corrected chi connectivity index (χ4v) is 2.86. The summed E-state index contributed by atoms with van der Waals surface area (Å²) in [7, 11) is 0. The number of anilines is 1. The van der Waals surface area contributed by atoms with Gasteiger partial charge in [0.15, 0.2) is 11.6 Å². The van der Waals surface area contributed by atoms with Gasteiger partial charge in [-0.3, -0.25) is 0 Å². The highest BCUT2D eigenvalue weighted by Crippen LogP contribution is 2.24. The number of imidazole rings is 1. The molecule has 2 N–H and O–H groups in total. The molecule has 26 heavy (non-hydrogen) atoms. The summed E-state index contributed by atoms with van der Waals surface area (Å²) < 4.78 is 7.90. The van der Waals surface area contributed by atoms with Gasteiger partial charge in [0.1, 0.15) is 18.1 Å². The second-order valence-electron chi connectivity index (χ2n) is 6.26. The maximum Gasteiger partial charge on any atom is 0.180 e. The third-order valence-electron chi connectivity index (χ3n) is 4.12. The predicted molar refractivity (Wildman–Crippen MR) is 100 cm³/mol. The van der Waals surface area contributed by atoms with Gasteiger partial charge in [0.2, 0.25) is 0 Å². The number of hydrogen-bond donors (Lipinski definition) is 2. The number of fused-ring (bicyclic) bond motifs is 1. The Balaban J connectivity index is 1.74. The Morgan fingerprint density at radius 2 is 2.15 bits per heavy atom. The fraction of sp³-hybridized carbons (Fsp3) is 0.421. The number of nitrogens with zero attached hydrogens (tertiary/aromatic N) is 4. The summed E-state index contributed by atoms with van der Waals surface area (Å²) in [5, 5.41) is 12.7. The molecule has 1 atom stereocenters. The van der Waals surface area contributed by atoms with Crippen LogP contribution < -0.4 is 10.1 Å². The van der Waals surface area contributed by atoms with Crippen LogP contribution in [0.5, 0.6) is 5.75 Å². The number of aliphatic hydroxyl groups excluding tert-OH is 1. The summed E-state index contributed by atoms with van der Waals surface area (Å²) in [6.45, 7) is 4.44. The largest absolute Gasteiger partial charge is 0.482 e. The second-order valence-corrected chi connectivity index (χ2v) is 6.26. The van der Waals surface area contributed by atoms with Gasteiger partial charge in [-0.2, -0.15) is 0 Å². The smallest absolute Gasteiger partial charge is 0.180 e. The second kappa shape index (κ2) is 8.62. The average Bonchev–Trinajstić information content (AvgIpc) is 3.04. The third kappa shape index (κ3) is 4.49. The Bertz CT molecular complexity index is 810. The van der Waals surface area contributed by atoms with Crippen molar-refractivity contribution in [3.8, 4) is 5.75 Å². The number of aromatic nitrogens is 4. The van der Waals surface area contributed by atoms with Gasteiger partial charge in [-0.1, -0.05) is 19.4 Å². The lowest BCUT2D eigenvalue weighted by molar-refractivity contribution is 0.275. The first-order valence-electron chi connectivity index (χ1n) is 8.96. The summed E-state index contributed by atoms with van der Waals surface area (Å²) >= 11 is 0. The molecule has 0 aliphatic carbocycles. The van der Waals surface area contributed by atoms with Gasteiger partial charge in [0.05, 0.1) is 11.9 Å². The quantitative estimate of drug-likeness (QED) is 0.614. The van der Waals surface area contributed by atoms with Crippen LogP contribution in [-0.2, 0) is 6.61 Å². The van der Waals surface area contributed by atoms with Crippen molar-refractivity contribution in [1.29, 1.82) is 0 Å². The van der Waals surface area contributed by atoms with E-state index in [1.54, 1.807) is 6.20 Å². The van der Waals surface area contributed by atoms with Crippen LogP contribution in [0.25, 0.3) is 5.65 Å². The molecule has 0 aliphatic heterocycles. The van der Waals surface area contributed by atoms with Crippen molar-refractivity contribution in [3.63, 3.8) is 0 Å².